The van der Waals surface area contributed by atoms with Gasteiger partial charge in [0.2, 0.25) is 0 Å². The molecular formula is C57H39NOS. The van der Waals surface area contributed by atoms with Crippen molar-refractivity contribution in [3.05, 3.63) is 211 Å². The van der Waals surface area contributed by atoms with Crippen LogP contribution in [0.25, 0.3) is 86.6 Å². The van der Waals surface area contributed by atoms with Gasteiger partial charge in [0.25, 0.3) is 0 Å². The molecule has 0 unspecified atom stereocenters. The van der Waals surface area contributed by atoms with Crippen LogP contribution in [0.15, 0.2) is 205 Å². The summed E-state index contributed by atoms with van der Waals surface area (Å²) in [6, 6.07) is 72.9. The smallest absolute Gasteiger partial charge is 0.143 e. The number of thiophene rings is 1. The van der Waals surface area contributed by atoms with Crippen molar-refractivity contribution < 1.29 is 4.42 Å². The number of rotatable bonds is 6. The second-order valence-corrected chi connectivity index (χ2v) is 17.5. The average molecular weight is 786 g/mol. The zero-order valence-electron chi connectivity index (χ0n) is 33.3. The summed E-state index contributed by atoms with van der Waals surface area (Å²) in [6.07, 6.45) is 0. The van der Waals surface area contributed by atoms with Gasteiger partial charge in [0.05, 0.1) is 0 Å². The molecule has 60 heavy (non-hydrogen) atoms. The maximum atomic E-state index is 6.46. The summed E-state index contributed by atoms with van der Waals surface area (Å²) in [4.78, 5) is 2.41. The first-order valence-corrected chi connectivity index (χ1v) is 21.5. The number of furan rings is 1. The summed E-state index contributed by atoms with van der Waals surface area (Å²) in [7, 11) is 0. The van der Waals surface area contributed by atoms with E-state index in [9.17, 15) is 0 Å². The van der Waals surface area contributed by atoms with Gasteiger partial charge in [-0.05, 0) is 105 Å². The summed E-state index contributed by atoms with van der Waals surface area (Å²) in [5.74, 6) is 0. The van der Waals surface area contributed by atoms with E-state index in [0.29, 0.717) is 0 Å². The largest absolute Gasteiger partial charge is 0.455 e. The molecule has 9 aromatic carbocycles. The number of benzene rings is 9. The quantitative estimate of drug-likeness (QED) is 0.167. The Morgan fingerprint density at radius 2 is 1.02 bits per heavy atom. The molecule has 3 heteroatoms. The molecule has 11 aromatic rings. The van der Waals surface area contributed by atoms with E-state index in [1.165, 1.54) is 64.7 Å². The highest BCUT2D eigenvalue weighted by atomic mass is 32.1. The molecule has 2 heterocycles. The van der Waals surface area contributed by atoms with Crippen molar-refractivity contribution in [3.63, 3.8) is 0 Å². The van der Waals surface area contributed by atoms with E-state index in [1.54, 1.807) is 0 Å². The fourth-order valence-corrected chi connectivity index (χ4v) is 10.9. The van der Waals surface area contributed by atoms with Gasteiger partial charge in [-0.1, -0.05) is 159 Å². The van der Waals surface area contributed by atoms with Crippen molar-refractivity contribution in [2.45, 2.75) is 19.3 Å². The Hall–Kier alpha value is -7.20. The van der Waals surface area contributed by atoms with Gasteiger partial charge in [-0.25, -0.2) is 0 Å². The van der Waals surface area contributed by atoms with Crippen molar-refractivity contribution in [2.24, 2.45) is 0 Å². The van der Waals surface area contributed by atoms with Gasteiger partial charge >= 0.3 is 0 Å². The number of hydrogen-bond acceptors (Lipinski definition) is 3. The Balaban J connectivity index is 1.03. The van der Waals surface area contributed by atoms with Crippen molar-refractivity contribution >= 4 is 70.5 Å². The number of anilines is 3. The summed E-state index contributed by atoms with van der Waals surface area (Å²) in [5, 5.41) is 4.96. The lowest BCUT2D eigenvalue weighted by atomic mass is 9.81. The van der Waals surface area contributed by atoms with Crippen molar-refractivity contribution in [1.29, 1.82) is 0 Å². The fraction of sp³-hybridized carbons (Fsp3) is 0.0526. The Morgan fingerprint density at radius 1 is 0.417 bits per heavy atom. The lowest BCUT2D eigenvalue weighted by Gasteiger charge is -2.28. The van der Waals surface area contributed by atoms with Crippen LogP contribution in [0.5, 0.6) is 0 Å². The first-order valence-electron chi connectivity index (χ1n) is 20.7. The second-order valence-electron chi connectivity index (χ2n) is 16.4. The van der Waals surface area contributed by atoms with E-state index < -0.39 is 0 Å². The third-order valence-corrected chi connectivity index (χ3v) is 13.8. The normalized spacial score (nSPS) is 13.0. The fourth-order valence-electron chi connectivity index (χ4n) is 9.75. The highest BCUT2D eigenvalue weighted by Crippen LogP contribution is 2.57. The number of hydrogen-bond donors (Lipinski definition) is 0. The van der Waals surface area contributed by atoms with Crippen molar-refractivity contribution in [1.82, 2.24) is 0 Å². The molecule has 2 aromatic heterocycles. The highest BCUT2D eigenvalue weighted by Gasteiger charge is 2.39. The molecule has 0 fully saturated rings. The predicted molar refractivity (Wildman–Crippen MR) is 255 cm³/mol. The third kappa shape index (κ3) is 5.33. The van der Waals surface area contributed by atoms with Crippen LogP contribution in [0.4, 0.5) is 17.1 Å². The van der Waals surface area contributed by atoms with Crippen molar-refractivity contribution in [2.75, 3.05) is 4.90 Å². The average Bonchev–Trinajstić information content (AvgIpc) is 3.94. The molecule has 2 nitrogen and oxygen atoms in total. The minimum Gasteiger partial charge on any atom is -0.455 e. The van der Waals surface area contributed by atoms with Crippen LogP contribution in [0.2, 0.25) is 0 Å². The van der Waals surface area contributed by atoms with Crippen molar-refractivity contribution in [3.8, 4) is 44.5 Å². The molecule has 0 N–H and O–H groups in total. The summed E-state index contributed by atoms with van der Waals surface area (Å²) >= 11 is 1.90. The molecule has 0 amide bonds. The van der Waals surface area contributed by atoms with Gasteiger partial charge < -0.3 is 9.32 Å². The van der Waals surface area contributed by atoms with E-state index in [0.717, 1.165) is 50.1 Å². The number of para-hydroxylation sites is 2. The molecule has 0 saturated heterocycles. The van der Waals surface area contributed by atoms with Gasteiger partial charge in [-0.15, -0.1) is 11.3 Å². The van der Waals surface area contributed by atoms with Gasteiger partial charge in [0, 0.05) is 59.0 Å². The lowest BCUT2D eigenvalue weighted by Crippen LogP contribution is -2.16. The highest BCUT2D eigenvalue weighted by molar-refractivity contribution is 7.26. The second kappa shape index (κ2) is 13.4. The monoisotopic (exact) mass is 785 g/mol. The van der Waals surface area contributed by atoms with E-state index in [-0.39, 0.29) is 5.41 Å². The van der Waals surface area contributed by atoms with E-state index in [1.807, 2.05) is 23.5 Å². The summed E-state index contributed by atoms with van der Waals surface area (Å²) in [6.45, 7) is 4.81. The van der Waals surface area contributed by atoms with Crippen LogP contribution in [0.3, 0.4) is 0 Å². The van der Waals surface area contributed by atoms with Crippen LogP contribution < -0.4 is 4.90 Å². The topological polar surface area (TPSA) is 16.4 Å². The maximum absolute atomic E-state index is 6.46. The Kier molecular flexibility index (Phi) is 7.79. The molecule has 0 spiro atoms. The van der Waals surface area contributed by atoms with E-state index in [2.05, 4.69) is 207 Å². The standard InChI is InChI=1S/C57H39NOS/c1-57(2)48-34-42(32-33-46(48)54-49(57)35-52-55(47-19-10-12-23-51(47)60-52)53(54)39-16-7-4-8-17-39)58(40-28-24-37(25-29-40)36-14-5-3-6-15-36)41-30-26-38(27-31-41)43-20-13-21-45-44-18-9-11-22-50(44)59-56(43)45/h3-35H,1-2H3. The minimum atomic E-state index is -0.230. The van der Waals surface area contributed by atoms with Gasteiger partial charge in [-0.3, -0.25) is 0 Å². The van der Waals surface area contributed by atoms with Crippen LogP contribution >= 0.6 is 11.3 Å². The maximum Gasteiger partial charge on any atom is 0.143 e. The number of fused-ring (bicyclic) bond motifs is 9. The summed E-state index contributed by atoms with van der Waals surface area (Å²) < 4.78 is 9.13. The van der Waals surface area contributed by atoms with Gasteiger partial charge in [0.15, 0.2) is 0 Å². The first-order chi connectivity index (χ1) is 29.5. The number of nitrogens with zero attached hydrogens (tertiary/aromatic N) is 1. The molecule has 12 rings (SSSR count). The Labute approximate surface area is 353 Å². The Morgan fingerprint density at radius 3 is 1.77 bits per heavy atom. The SMILES string of the molecule is CC1(C)c2cc(N(c3ccc(-c4ccccc4)cc3)c3ccc(-c4cccc5c4oc4ccccc45)cc3)ccc2-c2c1cc1sc3ccccc3c1c2-c1ccccc1. The molecular weight excluding hydrogens is 747 g/mol. The summed E-state index contributed by atoms with van der Waals surface area (Å²) in [5.41, 5.74) is 17.5. The first kappa shape index (κ1) is 34.8. The Bertz CT molecular complexity index is 3430. The van der Waals surface area contributed by atoms with Gasteiger partial charge in [-0.2, -0.15) is 0 Å². The van der Waals surface area contributed by atoms with Crippen LogP contribution in [0.1, 0.15) is 25.0 Å². The molecule has 0 radical (unpaired) electrons. The van der Waals surface area contributed by atoms with E-state index >= 15 is 0 Å². The van der Waals surface area contributed by atoms with Gasteiger partial charge in [0.1, 0.15) is 11.2 Å². The molecule has 1 aliphatic rings. The third-order valence-electron chi connectivity index (χ3n) is 12.7. The molecule has 0 saturated carbocycles. The van der Waals surface area contributed by atoms with Crippen LogP contribution in [-0.4, -0.2) is 0 Å². The zero-order valence-corrected chi connectivity index (χ0v) is 34.1. The van der Waals surface area contributed by atoms with Crippen LogP contribution in [-0.2, 0) is 5.41 Å². The molecule has 0 atom stereocenters. The zero-order chi connectivity index (χ0) is 40.0. The molecule has 1 aliphatic carbocycles. The molecule has 0 bridgehead atoms. The molecule has 0 aliphatic heterocycles. The van der Waals surface area contributed by atoms with E-state index in [4.69, 9.17) is 4.42 Å². The molecule has 284 valence electrons. The lowest BCUT2D eigenvalue weighted by molar-refractivity contribution is 0.661. The minimum absolute atomic E-state index is 0.230. The van der Waals surface area contributed by atoms with Crippen LogP contribution in [0, 0.1) is 0 Å². The predicted octanol–water partition coefficient (Wildman–Crippen LogP) is 16.7.